The van der Waals surface area contributed by atoms with E-state index in [0.717, 1.165) is 48.4 Å². The van der Waals surface area contributed by atoms with Crippen LogP contribution in [-0.4, -0.2) is 50.0 Å². The zero-order valence-corrected chi connectivity index (χ0v) is 21.8. The van der Waals surface area contributed by atoms with Crippen LogP contribution in [0.4, 0.5) is 4.39 Å². The summed E-state index contributed by atoms with van der Waals surface area (Å²) in [7, 11) is 0. The highest BCUT2D eigenvalue weighted by Crippen LogP contribution is 2.20. The number of hydrogen-bond acceptors (Lipinski definition) is 6. The smallest absolute Gasteiger partial charge is 0.252 e. The monoisotopic (exact) mass is 525 g/mol. The molecule has 3 heterocycles. The molecule has 0 unspecified atom stereocenters. The van der Waals surface area contributed by atoms with E-state index < -0.39 is 0 Å². The molecule has 0 radical (unpaired) electrons. The molecule has 35 heavy (non-hydrogen) atoms. The predicted octanol–water partition coefficient (Wildman–Crippen LogP) is 3.14. The number of carbonyl (C=O) groups excluding carboxylic acids is 1. The Morgan fingerprint density at radius 2 is 1.89 bits per heavy atom. The summed E-state index contributed by atoms with van der Waals surface area (Å²) in [5, 5.41) is 7.48. The Morgan fingerprint density at radius 1 is 1.17 bits per heavy atom. The maximum atomic E-state index is 13.9. The maximum absolute atomic E-state index is 13.9. The van der Waals surface area contributed by atoms with Crippen molar-refractivity contribution in [3.63, 3.8) is 0 Å². The number of nitrogens with zero attached hydrogens (tertiary/aromatic N) is 5. The fourth-order valence-corrected chi connectivity index (χ4v) is 4.50. The van der Waals surface area contributed by atoms with E-state index in [2.05, 4.69) is 25.3 Å². The molecule has 1 aromatic carbocycles. The number of halogens is 3. The highest BCUT2D eigenvalue weighted by atomic mass is 35.5. The summed E-state index contributed by atoms with van der Waals surface area (Å²) in [4.78, 5) is 23.6. The van der Waals surface area contributed by atoms with Crippen LogP contribution in [0.25, 0.3) is 5.78 Å². The van der Waals surface area contributed by atoms with Crippen LogP contribution in [-0.2, 0) is 24.3 Å². The number of aromatic nitrogens is 4. The Hall–Kier alpha value is -2.33. The molecule has 1 saturated heterocycles. The van der Waals surface area contributed by atoms with E-state index in [1.165, 1.54) is 6.07 Å². The zero-order valence-electron chi connectivity index (χ0n) is 20.2. The van der Waals surface area contributed by atoms with Gasteiger partial charge < -0.3 is 11.1 Å². The first-order valence-corrected chi connectivity index (χ1v) is 11.6. The third kappa shape index (κ3) is 7.10. The molecule has 0 bridgehead atoms. The van der Waals surface area contributed by atoms with E-state index in [0.29, 0.717) is 43.5 Å². The number of benzene rings is 1. The lowest BCUT2D eigenvalue weighted by molar-refractivity contribution is -0.121. The average molecular weight is 526 g/mol. The van der Waals surface area contributed by atoms with E-state index in [1.807, 2.05) is 26.0 Å². The van der Waals surface area contributed by atoms with Crippen LogP contribution in [0.1, 0.15) is 47.6 Å². The molecule has 1 aliphatic heterocycles. The first-order chi connectivity index (χ1) is 15.9. The summed E-state index contributed by atoms with van der Waals surface area (Å²) < 4.78 is 15.6. The lowest BCUT2D eigenvalue weighted by atomic mass is 9.96. The molecule has 8 nitrogen and oxygen atoms in total. The van der Waals surface area contributed by atoms with Gasteiger partial charge in [0.1, 0.15) is 5.82 Å². The topological polar surface area (TPSA) is 101 Å². The largest absolute Gasteiger partial charge is 0.356 e. The van der Waals surface area contributed by atoms with Gasteiger partial charge in [-0.2, -0.15) is 4.98 Å². The second kappa shape index (κ2) is 13.1. The number of nitrogens with two attached hydrogens (primary N) is 1. The number of fused-ring (bicyclic) bond motifs is 1. The molecule has 3 aromatic rings. The standard InChI is InChI=1S/C24H32FN7O.2ClH/c1-16-20(17(2)32-24(28-16)29-22(13-26)30-32)7-8-23(33)27-14-18-9-11-31(12-10-18)15-19-5-3-4-6-21(19)25;;/h3-6,18H,7-15,26H2,1-2H3,(H,27,33);2*1H. The lowest BCUT2D eigenvalue weighted by Crippen LogP contribution is -2.38. The molecule has 1 fully saturated rings. The van der Waals surface area contributed by atoms with E-state index in [-0.39, 0.29) is 43.1 Å². The van der Waals surface area contributed by atoms with Gasteiger partial charge in [-0.1, -0.05) is 18.2 Å². The average Bonchev–Trinajstić information content (AvgIpc) is 3.23. The van der Waals surface area contributed by atoms with Crippen molar-refractivity contribution in [2.75, 3.05) is 19.6 Å². The van der Waals surface area contributed by atoms with Crippen molar-refractivity contribution in [1.82, 2.24) is 29.8 Å². The van der Waals surface area contributed by atoms with Crippen LogP contribution >= 0.6 is 24.8 Å². The Bertz CT molecular complexity index is 1130. The number of aryl methyl sites for hydroxylation is 2. The molecule has 0 atom stereocenters. The predicted molar refractivity (Wildman–Crippen MR) is 138 cm³/mol. The number of rotatable bonds is 8. The Balaban J connectivity index is 0.00000216. The van der Waals surface area contributed by atoms with Gasteiger partial charge in [0.25, 0.3) is 5.78 Å². The number of hydrogen-bond donors (Lipinski definition) is 2. The molecule has 4 rings (SSSR count). The molecule has 192 valence electrons. The normalized spacial score (nSPS) is 14.4. The molecule has 0 aliphatic carbocycles. The molecule has 3 N–H and O–H groups in total. The van der Waals surface area contributed by atoms with Gasteiger partial charge in [0.15, 0.2) is 5.82 Å². The molecule has 11 heteroatoms. The fraction of sp³-hybridized carbons (Fsp3) is 0.500. The Morgan fingerprint density at radius 3 is 2.57 bits per heavy atom. The summed E-state index contributed by atoms with van der Waals surface area (Å²) in [6.45, 7) is 7.34. The second-order valence-corrected chi connectivity index (χ2v) is 8.82. The molecular formula is C24H34Cl2FN7O. The second-order valence-electron chi connectivity index (χ2n) is 8.82. The van der Waals surface area contributed by atoms with E-state index in [9.17, 15) is 9.18 Å². The van der Waals surface area contributed by atoms with E-state index in [4.69, 9.17) is 5.73 Å². The third-order valence-electron chi connectivity index (χ3n) is 6.52. The number of likely N-dealkylation sites (tertiary alicyclic amines) is 1. The molecule has 2 aromatic heterocycles. The molecular weight excluding hydrogens is 492 g/mol. The van der Waals surface area contributed by atoms with Crippen LogP contribution in [0.2, 0.25) is 0 Å². The van der Waals surface area contributed by atoms with E-state index in [1.54, 1.807) is 10.6 Å². The van der Waals surface area contributed by atoms with Crippen LogP contribution in [0.3, 0.4) is 0 Å². The van der Waals surface area contributed by atoms with Gasteiger partial charge in [-0.3, -0.25) is 9.69 Å². The van der Waals surface area contributed by atoms with Gasteiger partial charge in [-0.25, -0.2) is 13.9 Å². The van der Waals surface area contributed by atoms with Gasteiger partial charge in [-0.05, 0) is 63.7 Å². The number of carbonyl (C=O) groups is 1. The zero-order chi connectivity index (χ0) is 23.4. The van der Waals surface area contributed by atoms with Gasteiger partial charge in [-0.15, -0.1) is 29.9 Å². The van der Waals surface area contributed by atoms with Crippen molar-refractivity contribution >= 4 is 36.5 Å². The summed E-state index contributed by atoms with van der Waals surface area (Å²) >= 11 is 0. The SMILES string of the molecule is Cc1nc2nc(CN)nn2c(C)c1CCC(=O)NCC1CCN(Cc2ccccc2F)CC1.Cl.Cl. The summed E-state index contributed by atoms with van der Waals surface area (Å²) in [5.74, 6) is 1.45. The summed E-state index contributed by atoms with van der Waals surface area (Å²) in [6.07, 6.45) is 3.01. The lowest BCUT2D eigenvalue weighted by Gasteiger charge is -2.32. The van der Waals surface area contributed by atoms with Crippen LogP contribution in [0, 0.1) is 25.6 Å². The molecule has 0 saturated carbocycles. The van der Waals surface area contributed by atoms with Gasteiger partial charge >= 0.3 is 0 Å². The van der Waals surface area contributed by atoms with E-state index >= 15 is 0 Å². The Kier molecular flexibility index (Phi) is 10.8. The van der Waals surface area contributed by atoms with Crippen LogP contribution in [0.15, 0.2) is 24.3 Å². The van der Waals surface area contributed by atoms with Crippen molar-refractivity contribution < 1.29 is 9.18 Å². The van der Waals surface area contributed by atoms with Crippen molar-refractivity contribution in [3.05, 3.63) is 58.4 Å². The van der Waals surface area contributed by atoms with Gasteiger partial charge in [0.05, 0.1) is 6.54 Å². The minimum Gasteiger partial charge on any atom is -0.356 e. The van der Waals surface area contributed by atoms with Crippen molar-refractivity contribution in [2.24, 2.45) is 11.7 Å². The van der Waals surface area contributed by atoms with Crippen molar-refractivity contribution in [1.29, 1.82) is 0 Å². The Labute approximate surface area is 217 Å². The highest BCUT2D eigenvalue weighted by Gasteiger charge is 2.21. The molecule has 0 spiro atoms. The number of piperidine rings is 1. The molecule has 1 amide bonds. The number of nitrogens with one attached hydrogen (secondary N) is 1. The maximum Gasteiger partial charge on any atom is 0.252 e. The molecule has 1 aliphatic rings. The number of amides is 1. The minimum atomic E-state index is -0.143. The fourth-order valence-electron chi connectivity index (χ4n) is 4.50. The summed E-state index contributed by atoms with van der Waals surface area (Å²) in [5.41, 5.74) is 9.22. The quantitative estimate of drug-likeness (QED) is 0.468. The first kappa shape index (κ1) is 28.9. The highest BCUT2D eigenvalue weighted by molar-refractivity contribution is 5.85. The minimum absolute atomic E-state index is 0. The van der Waals surface area contributed by atoms with Crippen molar-refractivity contribution in [2.45, 2.75) is 52.6 Å². The third-order valence-corrected chi connectivity index (χ3v) is 6.52. The van der Waals surface area contributed by atoms with Crippen LogP contribution < -0.4 is 11.1 Å². The van der Waals surface area contributed by atoms with Crippen molar-refractivity contribution in [3.8, 4) is 0 Å². The van der Waals surface area contributed by atoms with Gasteiger partial charge in [0, 0.05) is 36.5 Å². The summed E-state index contributed by atoms with van der Waals surface area (Å²) in [6, 6.07) is 6.95. The van der Waals surface area contributed by atoms with Gasteiger partial charge in [0.2, 0.25) is 5.91 Å². The van der Waals surface area contributed by atoms with Crippen LogP contribution in [0.5, 0.6) is 0 Å². The first-order valence-electron chi connectivity index (χ1n) is 11.6.